The first-order chi connectivity index (χ1) is 41.7. The average molecular weight is 1280 g/mol. The van der Waals surface area contributed by atoms with Gasteiger partial charge in [0.25, 0.3) is 0 Å². The number of unbranched alkanes of at least 4 members (excludes halogenated alkanes) is 29. The van der Waals surface area contributed by atoms with E-state index in [1.807, 2.05) is 0 Å². The van der Waals surface area contributed by atoms with Crippen LogP contribution in [0.2, 0.25) is 0 Å². The van der Waals surface area contributed by atoms with Crippen molar-refractivity contribution in [3.63, 3.8) is 0 Å². The van der Waals surface area contributed by atoms with Gasteiger partial charge in [-0.25, -0.2) is 9.13 Å². The van der Waals surface area contributed by atoms with E-state index in [0.29, 0.717) is 31.6 Å². The highest BCUT2D eigenvalue weighted by atomic mass is 31.2. The van der Waals surface area contributed by atoms with Gasteiger partial charge in [0.15, 0.2) is 12.2 Å². The van der Waals surface area contributed by atoms with Crippen LogP contribution in [-0.2, 0) is 65.4 Å². The van der Waals surface area contributed by atoms with Crippen molar-refractivity contribution in [1.82, 2.24) is 0 Å². The molecular weight excluding hydrogens is 1150 g/mol. The van der Waals surface area contributed by atoms with Crippen LogP contribution < -0.4 is 0 Å². The molecule has 0 bridgehead atoms. The van der Waals surface area contributed by atoms with Crippen molar-refractivity contribution in [3.05, 3.63) is 0 Å². The molecule has 0 aromatic carbocycles. The quantitative estimate of drug-likeness (QED) is 0.0222. The minimum Gasteiger partial charge on any atom is -0.462 e. The maximum Gasteiger partial charge on any atom is 0.472 e. The number of carbonyl (C=O) groups excluding carboxylic acids is 4. The van der Waals surface area contributed by atoms with Gasteiger partial charge in [0.05, 0.1) is 26.4 Å². The molecule has 0 fully saturated rings. The van der Waals surface area contributed by atoms with Crippen LogP contribution in [0.15, 0.2) is 0 Å². The van der Waals surface area contributed by atoms with Gasteiger partial charge in [-0.15, -0.1) is 0 Å². The number of hydrogen-bond donors (Lipinski definition) is 3. The minimum atomic E-state index is -4.95. The van der Waals surface area contributed by atoms with Gasteiger partial charge < -0.3 is 33.8 Å². The van der Waals surface area contributed by atoms with Crippen LogP contribution in [0, 0.1) is 23.7 Å². The van der Waals surface area contributed by atoms with Gasteiger partial charge in [-0.05, 0) is 49.4 Å². The molecule has 0 saturated heterocycles. The van der Waals surface area contributed by atoms with Crippen molar-refractivity contribution in [2.24, 2.45) is 23.7 Å². The molecule has 5 unspecified atom stereocenters. The molecule has 0 spiro atoms. The summed E-state index contributed by atoms with van der Waals surface area (Å²) >= 11 is 0. The summed E-state index contributed by atoms with van der Waals surface area (Å²) in [6, 6.07) is 0. The van der Waals surface area contributed by atoms with E-state index in [9.17, 15) is 43.2 Å². The van der Waals surface area contributed by atoms with E-state index in [4.69, 9.17) is 37.0 Å². The topological polar surface area (TPSA) is 237 Å². The lowest BCUT2D eigenvalue weighted by molar-refractivity contribution is -0.161. The molecule has 0 heterocycles. The van der Waals surface area contributed by atoms with Crippen molar-refractivity contribution in [2.45, 2.75) is 350 Å². The number of aliphatic hydroxyl groups excluding tert-OH is 1. The van der Waals surface area contributed by atoms with Crippen LogP contribution in [0.3, 0.4) is 0 Å². The number of phosphoric ester groups is 2. The number of rotatable bonds is 65. The maximum atomic E-state index is 13.0. The van der Waals surface area contributed by atoms with Crippen LogP contribution in [0.1, 0.15) is 331 Å². The maximum absolute atomic E-state index is 13.0. The first kappa shape index (κ1) is 85.1. The lowest BCUT2D eigenvalue weighted by Crippen LogP contribution is -2.30. The van der Waals surface area contributed by atoms with Gasteiger partial charge >= 0.3 is 39.5 Å². The minimum absolute atomic E-state index is 0.103. The number of aliphatic hydroxyl groups is 1. The summed E-state index contributed by atoms with van der Waals surface area (Å²) in [5.74, 6) is 0.869. The molecule has 516 valence electrons. The number of phosphoric acid groups is 2. The van der Waals surface area contributed by atoms with E-state index in [2.05, 4.69) is 55.4 Å². The Hall–Kier alpha value is -1.94. The lowest BCUT2D eigenvalue weighted by atomic mass is 9.99. The Morgan fingerprint density at radius 3 is 0.816 bits per heavy atom. The third-order valence-electron chi connectivity index (χ3n) is 16.3. The zero-order valence-corrected chi connectivity index (χ0v) is 58.4. The lowest BCUT2D eigenvalue weighted by Gasteiger charge is -2.21. The fraction of sp³-hybridized carbons (Fsp3) is 0.941. The number of esters is 4. The molecular formula is C68H132O17P2. The van der Waals surface area contributed by atoms with Gasteiger partial charge in [-0.2, -0.15) is 0 Å². The molecule has 87 heavy (non-hydrogen) atoms. The number of carbonyl (C=O) groups is 4. The standard InChI is InChI=1S/C68H132O17P2/c1-9-60(7)46-38-30-22-13-11-12-14-25-34-42-50-67(72)84-63(54-78-65(70)48-40-32-24-18-16-23-31-39-47-61(8)10-2)56-82-86(74,75)80-52-62(69)53-81-87(76,77)83-57-64(55-79-66(71)49-41-33-27-19-21-29-37-45-59(5)6)85-68(73)51-43-35-26-17-15-20-28-36-44-58(3)4/h58-64,69H,9-57H2,1-8H3,(H,74,75)(H,76,77)/t60?,61?,62?,63-,64-/m1/s1. The van der Waals surface area contributed by atoms with Crippen molar-refractivity contribution in [3.8, 4) is 0 Å². The van der Waals surface area contributed by atoms with E-state index in [0.717, 1.165) is 114 Å². The molecule has 0 aromatic rings. The Labute approximate surface area is 530 Å². The summed E-state index contributed by atoms with van der Waals surface area (Å²) < 4.78 is 68.2. The second-order valence-electron chi connectivity index (χ2n) is 26.0. The van der Waals surface area contributed by atoms with Gasteiger partial charge in [-0.3, -0.25) is 37.3 Å². The highest BCUT2D eigenvalue weighted by Gasteiger charge is 2.30. The van der Waals surface area contributed by atoms with Crippen molar-refractivity contribution >= 4 is 39.5 Å². The van der Waals surface area contributed by atoms with Gasteiger partial charge in [-0.1, -0.05) is 280 Å². The Morgan fingerprint density at radius 2 is 0.552 bits per heavy atom. The smallest absolute Gasteiger partial charge is 0.462 e. The average Bonchev–Trinajstić information content (AvgIpc) is 3.59. The zero-order chi connectivity index (χ0) is 64.7. The third kappa shape index (κ3) is 60.1. The number of ether oxygens (including phenoxy) is 4. The predicted molar refractivity (Wildman–Crippen MR) is 349 cm³/mol. The van der Waals surface area contributed by atoms with Gasteiger partial charge in [0.2, 0.25) is 0 Å². The summed E-state index contributed by atoms with van der Waals surface area (Å²) in [4.78, 5) is 72.4. The normalized spacial score (nSPS) is 15.0. The molecule has 17 nitrogen and oxygen atoms in total. The van der Waals surface area contributed by atoms with Crippen LogP contribution in [0.4, 0.5) is 0 Å². The molecule has 3 N–H and O–H groups in total. The monoisotopic (exact) mass is 1280 g/mol. The van der Waals surface area contributed by atoms with E-state index in [-0.39, 0.29) is 25.7 Å². The molecule has 7 atom stereocenters. The SMILES string of the molecule is CCC(C)CCCCCCCCCCCCC(=O)O[C@H](COC(=O)CCCCCCCCCCC(C)CC)COP(=O)(O)OCC(O)COP(=O)(O)OC[C@@H](COC(=O)CCCCCCCCCC(C)C)OC(=O)CCCCCCCCCCC(C)C. The molecule has 0 aliphatic heterocycles. The molecule has 0 saturated carbocycles. The van der Waals surface area contributed by atoms with Crippen molar-refractivity contribution in [2.75, 3.05) is 39.6 Å². The third-order valence-corrected chi connectivity index (χ3v) is 18.2. The Balaban J connectivity index is 5.27. The highest BCUT2D eigenvalue weighted by Crippen LogP contribution is 2.45. The molecule has 19 heteroatoms. The highest BCUT2D eigenvalue weighted by molar-refractivity contribution is 7.47. The molecule has 0 aliphatic rings. The molecule has 0 rings (SSSR count). The second kappa shape index (κ2) is 57.9. The fourth-order valence-corrected chi connectivity index (χ4v) is 11.7. The van der Waals surface area contributed by atoms with Crippen LogP contribution in [0.25, 0.3) is 0 Å². The molecule has 0 amide bonds. The Bertz CT molecular complexity index is 1730. The molecule has 0 aromatic heterocycles. The van der Waals surface area contributed by atoms with Crippen molar-refractivity contribution in [1.29, 1.82) is 0 Å². The van der Waals surface area contributed by atoms with E-state index in [1.165, 1.54) is 128 Å². The second-order valence-corrected chi connectivity index (χ2v) is 28.9. The predicted octanol–water partition coefficient (Wildman–Crippen LogP) is 18.9. The zero-order valence-electron chi connectivity index (χ0n) is 56.6. The first-order valence-electron chi connectivity index (χ1n) is 35.3. The van der Waals surface area contributed by atoms with E-state index in [1.54, 1.807) is 0 Å². The summed E-state index contributed by atoms with van der Waals surface area (Å²) in [6.45, 7) is 14.1. The number of hydrogen-bond acceptors (Lipinski definition) is 15. The Kier molecular flexibility index (Phi) is 56.6. The largest absolute Gasteiger partial charge is 0.472 e. The fourth-order valence-electron chi connectivity index (χ4n) is 10.1. The van der Waals surface area contributed by atoms with E-state index >= 15 is 0 Å². The van der Waals surface area contributed by atoms with Crippen molar-refractivity contribution < 1.29 is 80.2 Å². The van der Waals surface area contributed by atoms with E-state index < -0.39 is 97.5 Å². The first-order valence-corrected chi connectivity index (χ1v) is 38.3. The van der Waals surface area contributed by atoms with Crippen LogP contribution >= 0.6 is 15.6 Å². The van der Waals surface area contributed by atoms with Gasteiger partial charge in [0.1, 0.15) is 19.3 Å². The van der Waals surface area contributed by atoms with Crippen LogP contribution in [-0.4, -0.2) is 96.7 Å². The molecule has 0 radical (unpaired) electrons. The summed E-state index contributed by atoms with van der Waals surface area (Å²) in [5.41, 5.74) is 0. The molecule has 0 aliphatic carbocycles. The summed E-state index contributed by atoms with van der Waals surface area (Å²) in [5, 5.41) is 10.6. The van der Waals surface area contributed by atoms with Gasteiger partial charge in [0, 0.05) is 25.7 Å². The summed E-state index contributed by atoms with van der Waals surface area (Å²) in [7, 11) is -9.90. The van der Waals surface area contributed by atoms with Crippen LogP contribution in [0.5, 0.6) is 0 Å². The Morgan fingerprint density at radius 1 is 0.322 bits per heavy atom. The summed E-state index contributed by atoms with van der Waals surface area (Å²) in [6.07, 6.45) is 38.9.